The van der Waals surface area contributed by atoms with Gasteiger partial charge < -0.3 is 14.2 Å². The first kappa shape index (κ1) is 19.8. The van der Waals surface area contributed by atoms with Crippen molar-refractivity contribution >= 4 is 23.6 Å². The van der Waals surface area contributed by atoms with E-state index in [9.17, 15) is 14.9 Å². The Hall–Kier alpha value is -3.94. The van der Waals surface area contributed by atoms with Crippen molar-refractivity contribution in [3.8, 4) is 11.5 Å². The van der Waals surface area contributed by atoms with Crippen LogP contribution in [0.25, 0.3) is 6.08 Å². The molecule has 0 bridgehead atoms. The van der Waals surface area contributed by atoms with Crippen LogP contribution in [0.1, 0.15) is 18.1 Å². The molecule has 0 atom stereocenters. The Labute approximate surface area is 166 Å². The molecular formula is C21H18N2O6. The van der Waals surface area contributed by atoms with Crippen LogP contribution in [0, 0.1) is 10.1 Å². The molecule has 0 spiro atoms. The van der Waals surface area contributed by atoms with Gasteiger partial charge in [-0.05, 0) is 36.8 Å². The van der Waals surface area contributed by atoms with Crippen LogP contribution in [0.5, 0.6) is 11.5 Å². The summed E-state index contributed by atoms with van der Waals surface area (Å²) in [5.74, 6) is 0.457. The summed E-state index contributed by atoms with van der Waals surface area (Å²) in [5.41, 5.74) is 0.971. The first-order chi connectivity index (χ1) is 14.0. The summed E-state index contributed by atoms with van der Waals surface area (Å²) < 4.78 is 16.3. The molecule has 0 unspecified atom stereocenters. The minimum atomic E-state index is -0.642. The van der Waals surface area contributed by atoms with Crippen molar-refractivity contribution in [1.82, 2.24) is 0 Å². The van der Waals surface area contributed by atoms with E-state index < -0.39 is 10.9 Å². The van der Waals surface area contributed by atoms with Crippen LogP contribution in [0.3, 0.4) is 0 Å². The number of aliphatic imine (C=N–C) groups is 1. The highest BCUT2D eigenvalue weighted by Crippen LogP contribution is 2.30. The van der Waals surface area contributed by atoms with Gasteiger partial charge in [0.25, 0.3) is 5.69 Å². The summed E-state index contributed by atoms with van der Waals surface area (Å²) in [6.07, 6.45) is 3.18. The lowest BCUT2D eigenvalue weighted by molar-refractivity contribution is -0.384. The van der Waals surface area contributed by atoms with Gasteiger partial charge in [0, 0.05) is 17.7 Å². The molecule has 0 radical (unpaired) electrons. The zero-order valence-electron chi connectivity index (χ0n) is 15.7. The largest absolute Gasteiger partial charge is 0.490 e. The van der Waals surface area contributed by atoms with Gasteiger partial charge in [-0.1, -0.05) is 24.8 Å². The second-order valence-electron chi connectivity index (χ2n) is 5.88. The van der Waals surface area contributed by atoms with E-state index in [4.69, 9.17) is 14.2 Å². The van der Waals surface area contributed by atoms with Gasteiger partial charge in [0.05, 0.1) is 11.5 Å². The van der Waals surface area contributed by atoms with Gasteiger partial charge >= 0.3 is 5.97 Å². The van der Waals surface area contributed by atoms with Crippen molar-refractivity contribution in [1.29, 1.82) is 0 Å². The first-order valence-corrected chi connectivity index (χ1v) is 8.79. The highest BCUT2D eigenvalue weighted by molar-refractivity contribution is 6.13. The van der Waals surface area contributed by atoms with Crippen molar-refractivity contribution in [2.24, 2.45) is 4.99 Å². The maximum Gasteiger partial charge on any atom is 0.363 e. The lowest BCUT2D eigenvalue weighted by Crippen LogP contribution is -2.05. The van der Waals surface area contributed by atoms with Crippen molar-refractivity contribution < 1.29 is 23.9 Å². The molecule has 2 aromatic carbocycles. The van der Waals surface area contributed by atoms with Crippen LogP contribution in [-0.4, -0.2) is 30.0 Å². The Balaban J connectivity index is 1.90. The summed E-state index contributed by atoms with van der Waals surface area (Å²) in [6.45, 7) is 6.25. The van der Waals surface area contributed by atoms with E-state index in [0.29, 0.717) is 35.8 Å². The summed E-state index contributed by atoms with van der Waals surface area (Å²) in [4.78, 5) is 26.8. The number of non-ortho nitro benzene ring substituents is 1. The lowest BCUT2D eigenvalue weighted by atomic mass is 10.1. The number of hydrogen-bond acceptors (Lipinski definition) is 7. The molecule has 8 heteroatoms. The summed E-state index contributed by atoms with van der Waals surface area (Å²) in [7, 11) is 0. The smallest absolute Gasteiger partial charge is 0.363 e. The molecule has 0 saturated heterocycles. The fourth-order valence-electron chi connectivity index (χ4n) is 2.59. The molecule has 8 nitrogen and oxygen atoms in total. The van der Waals surface area contributed by atoms with E-state index >= 15 is 0 Å². The molecule has 1 heterocycles. The number of nitro benzene ring substituents is 1. The van der Waals surface area contributed by atoms with Gasteiger partial charge in [0.2, 0.25) is 5.90 Å². The van der Waals surface area contributed by atoms with Gasteiger partial charge in [-0.15, -0.1) is 0 Å². The van der Waals surface area contributed by atoms with Crippen LogP contribution < -0.4 is 9.47 Å². The maximum absolute atomic E-state index is 12.2. The predicted octanol–water partition coefficient (Wildman–Crippen LogP) is 3.90. The SMILES string of the molecule is C=CCOc1ccc(/C=C2\N=C(c3cccc([N+](=O)[O-])c3)OC2=O)cc1OCC. The maximum atomic E-state index is 12.2. The van der Waals surface area contributed by atoms with Gasteiger partial charge in [-0.25, -0.2) is 9.79 Å². The van der Waals surface area contributed by atoms with Crippen LogP contribution in [-0.2, 0) is 9.53 Å². The topological polar surface area (TPSA) is 100 Å². The van der Waals surface area contributed by atoms with Crippen LogP contribution in [0.4, 0.5) is 5.69 Å². The van der Waals surface area contributed by atoms with E-state index in [2.05, 4.69) is 11.6 Å². The molecule has 3 rings (SSSR count). The van der Waals surface area contributed by atoms with E-state index in [0.717, 1.165) is 0 Å². The number of nitrogens with zero attached hydrogens (tertiary/aromatic N) is 2. The highest BCUT2D eigenvalue weighted by atomic mass is 16.6. The number of carbonyl (C=O) groups excluding carboxylic acids is 1. The molecule has 0 saturated carbocycles. The molecule has 0 aliphatic carbocycles. The number of hydrogen-bond donors (Lipinski definition) is 0. The standard InChI is InChI=1S/C21H18N2O6/c1-3-10-28-18-9-8-14(12-19(18)27-4-2)11-17-21(24)29-20(22-17)15-6-5-7-16(13-15)23(25)26/h3,5-9,11-13H,1,4,10H2,2H3/b17-11-. The lowest BCUT2D eigenvalue weighted by Gasteiger charge is -2.11. The first-order valence-electron chi connectivity index (χ1n) is 8.79. The fourth-order valence-corrected chi connectivity index (χ4v) is 2.59. The van der Waals surface area contributed by atoms with Gasteiger partial charge in [-0.2, -0.15) is 0 Å². The minimum Gasteiger partial charge on any atom is -0.490 e. The monoisotopic (exact) mass is 394 g/mol. The van der Waals surface area contributed by atoms with E-state index in [1.165, 1.54) is 18.2 Å². The second kappa shape index (κ2) is 8.83. The van der Waals surface area contributed by atoms with E-state index in [1.54, 1.807) is 36.4 Å². The normalized spacial score (nSPS) is 14.3. The second-order valence-corrected chi connectivity index (χ2v) is 5.88. The Morgan fingerprint density at radius 1 is 1.21 bits per heavy atom. The van der Waals surface area contributed by atoms with Gasteiger partial charge in [-0.3, -0.25) is 10.1 Å². The number of cyclic esters (lactones) is 1. The number of nitro groups is 1. The quantitative estimate of drug-likeness (QED) is 0.221. The van der Waals surface area contributed by atoms with Gasteiger partial charge in [0.1, 0.15) is 6.61 Å². The summed E-state index contributed by atoms with van der Waals surface area (Å²) in [5, 5.41) is 10.9. The molecule has 1 aliphatic rings. The minimum absolute atomic E-state index is 0.0147. The number of carbonyl (C=O) groups is 1. The van der Waals surface area contributed by atoms with Crippen molar-refractivity contribution in [2.75, 3.05) is 13.2 Å². The van der Waals surface area contributed by atoms with E-state index in [1.807, 2.05) is 6.92 Å². The van der Waals surface area contributed by atoms with Crippen molar-refractivity contribution in [2.45, 2.75) is 6.92 Å². The van der Waals surface area contributed by atoms with Crippen LogP contribution in [0.2, 0.25) is 0 Å². The Morgan fingerprint density at radius 3 is 2.76 bits per heavy atom. The van der Waals surface area contributed by atoms with Crippen LogP contribution in [0.15, 0.2) is 65.8 Å². The molecule has 0 amide bonds. The Morgan fingerprint density at radius 2 is 2.03 bits per heavy atom. The third kappa shape index (κ3) is 4.67. The predicted molar refractivity (Wildman–Crippen MR) is 107 cm³/mol. The Kier molecular flexibility index (Phi) is 6.03. The van der Waals surface area contributed by atoms with E-state index in [-0.39, 0.29) is 17.3 Å². The third-order valence-corrected chi connectivity index (χ3v) is 3.85. The highest BCUT2D eigenvalue weighted by Gasteiger charge is 2.25. The number of benzene rings is 2. The Bertz CT molecular complexity index is 1030. The molecular weight excluding hydrogens is 376 g/mol. The van der Waals surface area contributed by atoms with Gasteiger partial charge in [0.15, 0.2) is 17.2 Å². The number of esters is 1. The number of ether oxygens (including phenoxy) is 3. The molecule has 0 fully saturated rings. The molecule has 0 aromatic heterocycles. The average Bonchev–Trinajstić information content (AvgIpc) is 3.08. The molecule has 148 valence electrons. The zero-order chi connectivity index (χ0) is 20.8. The molecule has 29 heavy (non-hydrogen) atoms. The fraction of sp³-hybridized carbons (Fsp3) is 0.143. The molecule has 1 aliphatic heterocycles. The summed E-state index contributed by atoms with van der Waals surface area (Å²) >= 11 is 0. The molecule has 0 N–H and O–H groups in total. The number of rotatable bonds is 8. The zero-order valence-corrected chi connectivity index (χ0v) is 15.7. The van der Waals surface area contributed by atoms with Crippen LogP contribution >= 0.6 is 0 Å². The third-order valence-electron chi connectivity index (χ3n) is 3.85. The van der Waals surface area contributed by atoms with Crippen molar-refractivity contribution in [3.63, 3.8) is 0 Å². The summed E-state index contributed by atoms with van der Waals surface area (Å²) in [6, 6.07) is 10.9. The average molecular weight is 394 g/mol. The van der Waals surface area contributed by atoms with Crippen molar-refractivity contribution in [3.05, 3.63) is 82.1 Å². The molecule has 2 aromatic rings.